The molecule has 2 aliphatic heterocycles. The number of nitrogens with zero attached hydrogens (tertiary/aromatic N) is 7. The largest absolute Gasteiger partial charge is 0.469 e. The Morgan fingerprint density at radius 1 is 0.941 bits per heavy atom. The van der Waals surface area contributed by atoms with Gasteiger partial charge in [0, 0.05) is 29.0 Å². The van der Waals surface area contributed by atoms with E-state index in [0.717, 1.165) is 53.8 Å². The minimum atomic E-state index is -1.11. The number of carbonyl (C=O) groups is 4. The van der Waals surface area contributed by atoms with Crippen LogP contribution in [0.4, 0.5) is 0 Å². The maximum Gasteiger partial charge on any atom is 0.308 e. The highest BCUT2D eigenvalue weighted by Gasteiger charge is 2.45. The average Bonchev–Trinajstić information content (AvgIpc) is 4.09. The van der Waals surface area contributed by atoms with E-state index in [1.807, 2.05) is 100 Å². The number of thiophene rings is 1. The number of benzene rings is 3. The Kier molecular flexibility index (Phi) is 13.3. The summed E-state index contributed by atoms with van der Waals surface area (Å²) in [5.74, 6) is -0.731. The Morgan fingerprint density at radius 2 is 1.62 bits per heavy atom. The lowest BCUT2D eigenvalue weighted by atomic mass is 9.85. The highest BCUT2D eigenvalue weighted by atomic mass is 32.1. The number of hydrogen-bond donors (Lipinski definition) is 3. The van der Waals surface area contributed by atoms with E-state index in [2.05, 4.69) is 45.7 Å². The molecule has 3 amide bonds. The average molecular weight is 952 g/mol. The van der Waals surface area contributed by atoms with Gasteiger partial charge in [0.25, 0.3) is 5.91 Å². The molecule has 0 radical (unpaired) electrons. The van der Waals surface area contributed by atoms with Gasteiger partial charge in [0.1, 0.15) is 29.0 Å². The molecular formula is C51H53N9O6S2. The number of β-amino-alcohol motifs (C(OH)–C–C–N with tert-alkyl or cyclic N) is 1. The summed E-state index contributed by atoms with van der Waals surface area (Å²) >= 11 is 3.18. The molecule has 17 heteroatoms. The quantitative estimate of drug-likeness (QED) is 0.108. The molecule has 8 rings (SSSR count). The Hall–Kier alpha value is -6.87. The highest BCUT2D eigenvalue weighted by molar-refractivity contribution is 7.15. The number of ether oxygens (including phenoxy) is 1. The number of aliphatic hydroxyl groups excluding tert-OH is 1. The molecule has 15 nitrogen and oxygen atoms in total. The van der Waals surface area contributed by atoms with Crippen molar-refractivity contribution < 1.29 is 29.0 Å². The summed E-state index contributed by atoms with van der Waals surface area (Å²) in [5, 5.41) is 36.8. The van der Waals surface area contributed by atoms with Crippen LogP contribution in [0.5, 0.6) is 0 Å². The van der Waals surface area contributed by atoms with Gasteiger partial charge in [-0.15, -0.1) is 32.9 Å². The molecule has 3 N–H and O–H groups in total. The lowest BCUT2D eigenvalue weighted by molar-refractivity contribution is -0.142. The third-order valence-corrected chi connectivity index (χ3v) is 14.9. The molecule has 350 valence electrons. The molecule has 68 heavy (non-hydrogen) atoms. The molecule has 5 atom stereocenters. The number of nitriles is 1. The van der Waals surface area contributed by atoms with E-state index in [-0.39, 0.29) is 30.5 Å². The monoisotopic (exact) mass is 951 g/mol. The number of carbonyl (C=O) groups excluding carboxylic acids is 4. The minimum Gasteiger partial charge on any atom is -0.469 e. The van der Waals surface area contributed by atoms with Gasteiger partial charge in [0.2, 0.25) is 11.8 Å². The first-order valence-electron chi connectivity index (χ1n) is 22.3. The topological polar surface area (TPSA) is 205 Å². The van der Waals surface area contributed by atoms with Crippen LogP contribution in [-0.2, 0) is 19.1 Å². The summed E-state index contributed by atoms with van der Waals surface area (Å²) in [7, 11) is 1.35. The predicted octanol–water partition coefficient (Wildman–Crippen LogP) is 7.66. The van der Waals surface area contributed by atoms with Crippen molar-refractivity contribution in [3.05, 3.63) is 128 Å². The van der Waals surface area contributed by atoms with E-state index in [1.165, 1.54) is 12.0 Å². The number of methoxy groups -OCH3 is 1. The van der Waals surface area contributed by atoms with Crippen LogP contribution in [0.2, 0.25) is 0 Å². The number of aromatic nitrogens is 4. The van der Waals surface area contributed by atoms with Crippen molar-refractivity contribution >= 4 is 52.1 Å². The van der Waals surface area contributed by atoms with Gasteiger partial charge >= 0.3 is 5.97 Å². The second kappa shape index (κ2) is 19.0. The van der Waals surface area contributed by atoms with E-state index < -0.39 is 59.4 Å². The number of aliphatic hydroxyl groups is 1. The van der Waals surface area contributed by atoms with Gasteiger partial charge in [-0.1, -0.05) is 75.4 Å². The van der Waals surface area contributed by atoms with E-state index in [4.69, 9.17) is 9.73 Å². The van der Waals surface area contributed by atoms with Gasteiger partial charge in [-0.3, -0.25) is 28.7 Å². The van der Waals surface area contributed by atoms with Crippen molar-refractivity contribution in [2.24, 2.45) is 10.4 Å². The SMILES string of the molecule is COC(=O)C[C@@H]1N=C(c2ccc(-c3ccc(C(=O)NC(C(=O)N4C[C@H](O)C[C@H]4C(=O)N[C@@H](C)c4ccc(-c5scnc5C)cc4)C(C)(C)C)c(C#N)c3)cc2)c2c(sc(C)c2C)-n2c(C)nnc21. The lowest BCUT2D eigenvalue weighted by Gasteiger charge is -2.35. The first-order valence-corrected chi connectivity index (χ1v) is 24.0. The Morgan fingerprint density at radius 3 is 2.26 bits per heavy atom. The minimum absolute atomic E-state index is 0.0192. The number of esters is 1. The Balaban J connectivity index is 0.999. The molecule has 6 aromatic rings. The van der Waals surface area contributed by atoms with Crippen molar-refractivity contribution in [3.8, 4) is 32.6 Å². The molecule has 0 bridgehead atoms. The Labute approximate surface area is 402 Å². The number of thiazole rings is 1. The van der Waals surface area contributed by atoms with Crippen LogP contribution >= 0.6 is 22.7 Å². The van der Waals surface area contributed by atoms with Crippen LogP contribution in [0.15, 0.2) is 77.2 Å². The van der Waals surface area contributed by atoms with Crippen LogP contribution in [0.25, 0.3) is 26.6 Å². The first kappa shape index (κ1) is 47.6. The van der Waals surface area contributed by atoms with Crippen molar-refractivity contribution in [2.45, 2.75) is 98.5 Å². The number of nitrogens with one attached hydrogen (secondary N) is 2. The zero-order chi connectivity index (χ0) is 48.8. The summed E-state index contributed by atoms with van der Waals surface area (Å²) in [6.07, 6.45) is -0.914. The summed E-state index contributed by atoms with van der Waals surface area (Å²) in [5.41, 5.74) is 8.99. The van der Waals surface area contributed by atoms with Crippen molar-refractivity contribution in [1.82, 2.24) is 35.3 Å². The number of fused-ring (bicyclic) bond motifs is 3. The first-order chi connectivity index (χ1) is 32.4. The van der Waals surface area contributed by atoms with Crippen molar-refractivity contribution in [1.29, 1.82) is 5.26 Å². The maximum absolute atomic E-state index is 14.4. The molecule has 5 heterocycles. The third kappa shape index (κ3) is 9.23. The lowest BCUT2D eigenvalue weighted by Crippen LogP contribution is -2.57. The fourth-order valence-electron chi connectivity index (χ4n) is 8.83. The van der Waals surface area contributed by atoms with E-state index in [1.54, 1.807) is 40.9 Å². The standard InChI is InChI=1S/C51H53N9O6S2/c1-26-29(4)68-50-42(26)43(55-39(22-41(62)66-9)46-58-57-30(5)60(46)50)33-14-12-32(13-15-33)35-18-19-38(36(20-35)23-52)47(63)56-45(51(6,7)8)49(65)59-24-37(61)21-40(59)48(64)54-27(2)31-10-16-34(17-11-31)44-28(3)53-25-67-44/h10-20,25,27,37,39-40,45,61H,21-22,24H2,1-9H3,(H,54,64)(H,56,63)/t27-,37+,39-,40-,45?/m0/s1. The molecule has 2 aliphatic rings. The number of rotatable bonds is 11. The smallest absolute Gasteiger partial charge is 0.308 e. The van der Waals surface area contributed by atoms with Crippen LogP contribution in [0, 0.1) is 44.4 Å². The fraction of sp³-hybridized carbons (Fsp3) is 0.353. The van der Waals surface area contributed by atoms with Crippen LogP contribution < -0.4 is 10.6 Å². The number of amides is 3. The zero-order valence-electron chi connectivity index (χ0n) is 39.4. The fourth-order valence-corrected chi connectivity index (χ4v) is 10.9. The maximum atomic E-state index is 14.4. The normalized spacial score (nSPS) is 17.5. The molecule has 3 aromatic heterocycles. The van der Waals surface area contributed by atoms with E-state index in [0.29, 0.717) is 22.9 Å². The van der Waals surface area contributed by atoms with E-state index in [9.17, 15) is 29.5 Å². The van der Waals surface area contributed by atoms with Gasteiger partial charge in [0.05, 0.1) is 64.7 Å². The zero-order valence-corrected chi connectivity index (χ0v) is 41.0. The van der Waals surface area contributed by atoms with Crippen molar-refractivity contribution in [2.75, 3.05) is 13.7 Å². The summed E-state index contributed by atoms with van der Waals surface area (Å²) in [6.45, 7) is 15.2. The van der Waals surface area contributed by atoms with Crippen LogP contribution in [0.1, 0.15) is 113 Å². The van der Waals surface area contributed by atoms with Gasteiger partial charge in [0.15, 0.2) is 5.82 Å². The second-order valence-corrected chi connectivity index (χ2v) is 20.5. The van der Waals surface area contributed by atoms with Gasteiger partial charge < -0.3 is 25.4 Å². The van der Waals surface area contributed by atoms with Crippen molar-refractivity contribution in [3.63, 3.8) is 0 Å². The summed E-state index contributed by atoms with van der Waals surface area (Å²) < 4.78 is 7.00. The molecule has 0 saturated carbocycles. The number of aliphatic imine (C=N–C) groups is 1. The van der Waals surface area contributed by atoms with Gasteiger partial charge in [-0.25, -0.2) is 4.98 Å². The Bertz CT molecular complexity index is 3010. The summed E-state index contributed by atoms with van der Waals surface area (Å²) in [4.78, 5) is 68.0. The molecule has 0 aliphatic carbocycles. The molecule has 1 saturated heterocycles. The summed E-state index contributed by atoms with van der Waals surface area (Å²) in [6, 6.07) is 19.6. The predicted molar refractivity (Wildman–Crippen MR) is 261 cm³/mol. The third-order valence-electron chi connectivity index (χ3n) is 12.7. The number of aryl methyl sites for hydroxylation is 3. The number of likely N-dealkylation sites (tertiary alicyclic amines) is 1. The highest BCUT2D eigenvalue weighted by Crippen LogP contribution is 2.40. The van der Waals surface area contributed by atoms with Gasteiger partial charge in [-0.2, -0.15) is 5.26 Å². The molecule has 1 unspecified atom stereocenters. The number of hydrogen-bond acceptors (Lipinski definition) is 13. The van der Waals surface area contributed by atoms with E-state index >= 15 is 0 Å². The molecular weight excluding hydrogens is 899 g/mol. The van der Waals surface area contributed by atoms with Crippen LogP contribution in [0.3, 0.4) is 0 Å². The van der Waals surface area contributed by atoms with Crippen LogP contribution in [-0.4, -0.2) is 91.0 Å². The second-order valence-electron chi connectivity index (χ2n) is 18.4. The molecule has 1 fully saturated rings. The molecule has 0 spiro atoms. The molecule has 3 aromatic carbocycles. The van der Waals surface area contributed by atoms with Gasteiger partial charge in [-0.05, 0) is 80.0 Å².